The van der Waals surface area contributed by atoms with E-state index in [0.717, 1.165) is 48.7 Å². The fourth-order valence-electron chi connectivity index (χ4n) is 4.94. The third-order valence-electron chi connectivity index (χ3n) is 6.72. The molecular weight excluding hydrogens is 412 g/mol. The molecule has 0 radical (unpaired) electrons. The fourth-order valence-corrected chi connectivity index (χ4v) is 4.94. The van der Waals surface area contributed by atoms with Crippen LogP contribution < -0.4 is 21.3 Å². The molecule has 1 fully saturated rings. The van der Waals surface area contributed by atoms with Crippen molar-refractivity contribution < 1.29 is 9.53 Å². The number of nitrogens with two attached hydrogens (primary N) is 1. The maximum absolute atomic E-state index is 12.6. The highest BCUT2D eigenvalue weighted by atomic mass is 16.5. The normalized spacial score (nSPS) is 15.1. The van der Waals surface area contributed by atoms with Gasteiger partial charge in [-0.1, -0.05) is 48.5 Å². The van der Waals surface area contributed by atoms with Crippen LogP contribution in [0.2, 0.25) is 0 Å². The Kier molecular flexibility index (Phi) is 5.92. The summed E-state index contributed by atoms with van der Waals surface area (Å²) >= 11 is 0. The van der Waals surface area contributed by atoms with E-state index in [4.69, 9.17) is 10.5 Å². The molecule has 170 valence electrons. The summed E-state index contributed by atoms with van der Waals surface area (Å²) in [7, 11) is 0. The number of rotatable bonds is 5. The van der Waals surface area contributed by atoms with E-state index in [9.17, 15) is 4.79 Å². The van der Waals surface area contributed by atoms with Crippen LogP contribution in [0.4, 0.5) is 16.2 Å². The Hall–Kier alpha value is -3.51. The summed E-state index contributed by atoms with van der Waals surface area (Å²) in [6.45, 7) is 6.55. The van der Waals surface area contributed by atoms with Crippen LogP contribution in [0.3, 0.4) is 0 Å². The molecule has 1 aliphatic heterocycles. The predicted molar refractivity (Wildman–Crippen MR) is 133 cm³/mol. The second kappa shape index (κ2) is 9.16. The lowest BCUT2D eigenvalue weighted by atomic mass is 9.98. The standard InChI is InChI=1S/C27H30N4O2/c1-18-25(28)14-19(15-26(18)31-12-10-29-11-13-31)16-30-27(32)33-17-24-22-8-4-2-6-20(22)21-7-3-5-9-23(21)24/h2-9,14-15,24,29H,10-13,16-17,28H2,1H3,(H,30,32). The number of hydrogen-bond acceptors (Lipinski definition) is 5. The van der Waals surface area contributed by atoms with Crippen LogP contribution in [0.15, 0.2) is 60.7 Å². The maximum atomic E-state index is 12.6. The molecule has 0 saturated carbocycles. The Labute approximate surface area is 194 Å². The van der Waals surface area contributed by atoms with E-state index in [1.807, 2.05) is 30.3 Å². The molecule has 3 aromatic carbocycles. The number of piperazine rings is 1. The molecule has 33 heavy (non-hydrogen) atoms. The maximum Gasteiger partial charge on any atom is 0.407 e. The third-order valence-corrected chi connectivity index (χ3v) is 6.72. The van der Waals surface area contributed by atoms with Gasteiger partial charge in [0, 0.05) is 50.0 Å². The van der Waals surface area contributed by atoms with Crippen molar-refractivity contribution in [1.82, 2.24) is 10.6 Å². The van der Waals surface area contributed by atoms with Gasteiger partial charge in [0.25, 0.3) is 0 Å². The van der Waals surface area contributed by atoms with Gasteiger partial charge in [0.05, 0.1) is 0 Å². The minimum Gasteiger partial charge on any atom is -0.449 e. The summed E-state index contributed by atoms with van der Waals surface area (Å²) in [5, 5.41) is 6.28. The number of nitrogens with one attached hydrogen (secondary N) is 2. The van der Waals surface area contributed by atoms with E-state index in [1.54, 1.807) is 0 Å². The molecule has 1 aliphatic carbocycles. The van der Waals surface area contributed by atoms with Crippen molar-refractivity contribution in [3.63, 3.8) is 0 Å². The largest absolute Gasteiger partial charge is 0.449 e. The number of benzene rings is 3. The first-order chi connectivity index (χ1) is 16.1. The van der Waals surface area contributed by atoms with Crippen molar-refractivity contribution in [3.05, 3.63) is 82.9 Å². The number of fused-ring (bicyclic) bond motifs is 3. The van der Waals surface area contributed by atoms with Crippen LogP contribution >= 0.6 is 0 Å². The van der Waals surface area contributed by atoms with E-state index < -0.39 is 6.09 Å². The lowest BCUT2D eigenvalue weighted by molar-refractivity contribution is 0.142. The monoisotopic (exact) mass is 442 g/mol. The van der Waals surface area contributed by atoms with Gasteiger partial charge in [-0.15, -0.1) is 0 Å². The van der Waals surface area contributed by atoms with E-state index in [-0.39, 0.29) is 5.92 Å². The smallest absolute Gasteiger partial charge is 0.407 e. The number of nitrogen functional groups attached to an aromatic ring is 1. The molecule has 6 heteroatoms. The van der Waals surface area contributed by atoms with E-state index >= 15 is 0 Å². The first-order valence-corrected chi connectivity index (χ1v) is 11.6. The highest BCUT2D eigenvalue weighted by molar-refractivity contribution is 5.79. The van der Waals surface area contributed by atoms with Crippen molar-refractivity contribution in [2.75, 3.05) is 43.4 Å². The number of anilines is 2. The molecule has 1 saturated heterocycles. The van der Waals surface area contributed by atoms with Crippen molar-refractivity contribution >= 4 is 17.5 Å². The van der Waals surface area contributed by atoms with Crippen LogP contribution in [0, 0.1) is 6.92 Å². The SMILES string of the molecule is Cc1c(N)cc(CNC(=O)OCC2c3ccccc3-c3ccccc32)cc1N1CCNCC1. The number of nitrogens with zero attached hydrogens (tertiary/aromatic N) is 1. The topological polar surface area (TPSA) is 79.6 Å². The summed E-state index contributed by atoms with van der Waals surface area (Å²) in [6.07, 6.45) is -0.417. The molecular formula is C27H30N4O2. The Morgan fingerprint density at radius 2 is 1.70 bits per heavy atom. The molecule has 0 spiro atoms. The molecule has 1 amide bonds. The quantitative estimate of drug-likeness (QED) is 0.520. The summed E-state index contributed by atoms with van der Waals surface area (Å²) in [6, 6.07) is 20.7. The molecule has 4 N–H and O–H groups in total. The van der Waals surface area contributed by atoms with E-state index in [1.165, 1.54) is 22.3 Å². The van der Waals surface area contributed by atoms with Gasteiger partial charge in [-0.25, -0.2) is 4.79 Å². The molecule has 2 aliphatic rings. The van der Waals surface area contributed by atoms with Gasteiger partial charge in [-0.2, -0.15) is 0 Å². The Morgan fingerprint density at radius 3 is 2.36 bits per heavy atom. The zero-order valence-electron chi connectivity index (χ0n) is 18.9. The van der Waals surface area contributed by atoms with Crippen molar-refractivity contribution in [3.8, 4) is 11.1 Å². The van der Waals surface area contributed by atoms with Crippen molar-refractivity contribution in [2.24, 2.45) is 0 Å². The van der Waals surface area contributed by atoms with Crippen molar-refractivity contribution in [2.45, 2.75) is 19.4 Å². The zero-order chi connectivity index (χ0) is 22.8. The molecule has 0 atom stereocenters. The highest BCUT2D eigenvalue weighted by Crippen LogP contribution is 2.44. The number of hydrogen-bond donors (Lipinski definition) is 3. The average Bonchev–Trinajstić information content (AvgIpc) is 3.17. The minimum absolute atomic E-state index is 0.0532. The first-order valence-electron chi connectivity index (χ1n) is 11.6. The molecule has 3 aromatic rings. The zero-order valence-corrected chi connectivity index (χ0v) is 18.9. The third kappa shape index (κ3) is 4.26. The van der Waals surface area contributed by atoms with E-state index in [0.29, 0.717) is 13.2 Å². The Balaban J connectivity index is 1.23. The number of carbonyl (C=O) groups is 1. The summed E-state index contributed by atoms with van der Waals surface area (Å²) < 4.78 is 5.66. The average molecular weight is 443 g/mol. The van der Waals surface area contributed by atoms with Crippen LogP contribution in [0.1, 0.15) is 28.2 Å². The number of amides is 1. The minimum atomic E-state index is -0.417. The molecule has 0 aromatic heterocycles. The molecule has 5 rings (SSSR count). The number of ether oxygens (including phenoxy) is 1. The van der Waals surface area contributed by atoms with Gasteiger partial charge in [-0.3, -0.25) is 0 Å². The van der Waals surface area contributed by atoms with Gasteiger partial charge in [0.2, 0.25) is 0 Å². The second-order valence-corrected chi connectivity index (χ2v) is 8.75. The number of alkyl carbamates (subject to hydrolysis) is 1. The van der Waals surface area contributed by atoms with Gasteiger partial charge in [0.1, 0.15) is 6.61 Å². The second-order valence-electron chi connectivity index (χ2n) is 8.75. The predicted octanol–water partition coefficient (Wildman–Crippen LogP) is 4.03. The lowest BCUT2D eigenvalue weighted by Crippen LogP contribution is -2.43. The molecule has 0 bridgehead atoms. The summed E-state index contributed by atoms with van der Waals surface area (Å²) in [5.41, 5.74) is 15.1. The van der Waals surface area contributed by atoms with Crippen molar-refractivity contribution in [1.29, 1.82) is 0 Å². The van der Waals surface area contributed by atoms with Crippen LogP contribution in [0.5, 0.6) is 0 Å². The number of carbonyl (C=O) groups excluding carboxylic acids is 1. The van der Waals surface area contributed by atoms with Crippen LogP contribution in [0.25, 0.3) is 11.1 Å². The molecule has 0 unspecified atom stereocenters. The van der Waals surface area contributed by atoms with Crippen LogP contribution in [-0.2, 0) is 11.3 Å². The summed E-state index contributed by atoms with van der Waals surface area (Å²) in [5.74, 6) is 0.0532. The Bertz CT molecular complexity index is 1130. The van der Waals surface area contributed by atoms with Gasteiger partial charge in [0.15, 0.2) is 0 Å². The Morgan fingerprint density at radius 1 is 1.06 bits per heavy atom. The van der Waals surface area contributed by atoms with E-state index in [2.05, 4.69) is 52.8 Å². The molecule has 1 heterocycles. The first kappa shape index (κ1) is 21.3. The highest BCUT2D eigenvalue weighted by Gasteiger charge is 2.29. The molecule has 6 nitrogen and oxygen atoms in total. The summed E-state index contributed by atoms with van der Waals surface area (Å²) in [4.78, 5) is 14.9. The van der Waals surface area contributed by atoms with Crippen LogP contribution in [-0.4, -0.2) is 38.9 Å². The lowest BCUT2D eigenvalue weighted by Gasteiger charge is -2.31. The fraction of sp³-hybridized carbons (Fsp3) is 0.296. The van der Waals surface area contributed by atoms with Gasteiger partial charge >= 0.3 is 6.09 Å². The van der Waals surface area contributed by atoms with Gasteiger partial charge in [-0.05, 0) is 52.4 Å². The van der Waals surface area contributed by atoms with Gasteiger partial charge < -0.3 is 26.0 Å².